The molecule has 3 aromatic rings. The first-order chi connectivity index (χ1) is 11.1. The molecule has 0 unspecified atom stereocenters. The van der Waals surface area contributed by atoms with Crippen molar-refractivity contribution < 1.29 is 9.59 Å². The number of thioether (sulfide) groups is 1. The Hall–Kier alpha value is -2.74. The fourth-order valence-electron chi connectivity index (χ4n) is 1.92. The monoisotopic (exact) mass is 327 g/mol. The summed E-state index contributed by atoms with van der Waals surface area (Å²) in [6, 6.07) is 8.58. The van der Waals surface area contributed by atoms with E-state index in [1.807, 2.05) is 0 Å². The second-order valence-corrected chi connectivity index (χ2v) is 5.67. The Morgan fingerprint density at radius 2 is 2.17 bits per heavy atom. The molecule has 1 N–H and O–H groups in total. The van der Waals surface area contributed by atoms with Crippen LogP contribution in [0.25, 0.3) is 5.78 Å². The first kappa shape index (κ1) is 15.2. The number of benzene rings is 1. The van der Waals surface area contributed by atoms with Gasteiger partial charge in [0.2, 0.25) is 11.1 Å². The Kier molecular flexibility index (Phi) is 4.33. The Morgan fingerprint density at radius 3 is 2.96 bits per heavy atom. The van der Waals surface area contributed by atoms with E-state index in [4.69, 9.17) is 0 Å². The summed E-state index contributed by atoms with van der Waals surface area (Å²) in [5, 5.41) is 7.44. The van der Waals surface area contributed by atoms with Crippen LogP contribution >= 0.6 is 11.8 Å². The third-order valence-electron chi connectivity index (χ3n) is 2.98. The number of nitrogens with zero attached hydrogens (tertiary/aromatic N) is 4. The third-order valence-corrected chi connectivity index (χ3v) is 3.82. The smallest absolute Gasteiger partial charge is 0.253 e. The first-order valence-corrected chi connectivity index (χ1v) is 7.81. The zero-order valence-electron chi connectivity index (χ0n) is 12.3. The predicted octanol–water partition coefficient (Wildman–Crippen LogP) is 2.06. The van der Waals surface area contributed by atoms with E-state index in [2.05, 4.69) is 20.4 Å². The highest BCUT2D eigenvalue weighted by Gasteiger charge is 2.09. The van der Waals surface area contributed by atoms with Crippen LogP contribution in [0.15, 0.2) is 47.9 Å². The molecule has 0 atom stereocenters. The summed E-state index contributed by atoms with van der Waals surface area (Å²) in [4.78, 5) is 31.6. The van der Waals surface area contributed by atoms with Crippen molar-refractivity contribution in [3.8, 4) is 0 Å². The van der Waals surface area contributed by atoms with Gasteiger partial charge >= 0.3 is 0 Å². The molecule has 0 aliphatic carbocycles. The molecule has 7 nitrogen and oxygen atoms in total. The van der Waals surface area contributed by atoms with Gasteiger partial charge in [-0.2, -0.15) is 4.98 Å². The fraction of sp³-hybridized carbons (Fsp3) is 0.133. The van der Waals surface area contributed by atoms with Gasteiger partial charge in [-0.25, -0.2) is 9.50 Å². The first-order valence-electron chi connectivity index (χ1n) is 6.83. The van der Waals surface area contributed by atoms with Crippen LogP contribution in [-0.2, 0) is 4.79 Å². The second kappa shape index (κ2) is 6.57. The molecule has 8 heteroatoms. The lowest BCUT2D eigenvalue weighted by Gasteiger charge is -2.05. The van der Waals surface area contributed by atoms with E-state index < -0.39 is 0 Å². The van der Waals surface area contributed by atoms with Crippen molar-refractivity contribution in [3.63, 3.8) is 0 Å². The molecule has 0 saturated carbocycles. The van der Waals surface area contributed by atoms with Gasteiger partial charge in [0, 0.05) is 23.6 Å². The van der Waals surface area contributed by atoms with E-state index in [9.17, 15) is 9.59 Å². The van der Waals surface area contributed by atoms with Gasteiger partial charge < -0.3 is 5.32 Å². The molecule has 116 valence electrons. The number of ketones is 1. The SMILES string of the molecule is CC(=O)c1cccc(NC(=O)CSc2nc3ncccn3n2)c1. The molecular formula is C15H13N5O2S. The highest BCUT2D eigenvalue weighted by Crippen LogP contribution is 2.15. The zero-order chi connectivity index (χ0) is 16.2. The number of carbonyl (C=O) groups is 2. The van der Waals surface area contributed by atoms with Gasteiger partial charge in [0.25, 0.3) is 5.78 Å². The van der Waals surface area contributed by atoms with Crippen LogP contribution in [-0.4, -0.2) is 37.0 Å². The molecule has 2 heterocycles. The Balaban J connectivity index is 1.61. The van der Waals surface area contributed by atoms with Gasteiger partial charge in [-0.15, -0.1) is 5.10 Å². The maximum Gasteiger partial charge on any atom is 0.253 e. The normalized spacial score (nSPS) is 10.7. The second-order valence-electron chi connectivity index (χ2n) is 4.73. The summed E-state index contributed by atoms with van der Waals surface area (Å²) in [6.07, 6.45) is 3.37. The lowest BCUT2D eigenvalue weighted by atomic mass is 10.1. The van der Waals surface area contributed by atoms with Gasteiger partial charge in [-0.05, 0) is 25.1 Å². The molecule has 0 bridgehead atoms. The molecule has 0 spiro atoms. The number of hydrogen-bond donors (Lipinski definition) is 1. The minimum atomic E-state index is -0.192. The van der Waals surface area contributed by atoms with Gasteiger partial charge in [0.05, 0.1) is 5.75 Å². The van der Waals surface area contributed by atoms with Crippen molar-refractivity contribution in [2.45, 2.75) is 12.1 Å². The molecular weight excluding hydrogens is 314 g/mol. The van der Waals surface area contributed by atoms with Crippen molar-refractivity contribution in [2.24, 2.45) is 0 Å². The van der Waals surface area contributed by atoms with Crippen molar-refractivity contribution in [1.82, 2.24) is 19.6 Å². The minimum absolute atomic E-state index is 0.0446. The Labute approximate surface area is 136 Å². The van der Waals surface area contributed by atoms with E-state index in [-0.39, 0.29) is 17.4 Å². The summed E-state index contributed by atoms with van der Waals surface area (Å²) < 4.78 is 1.55. The number of amides is 1. The number of carbonyl (C=O) groups excluding carboxylic acids is 2. The quantitative estimate of drug-likeness (QED) is 0.570. The molecule has 0 aliphatic rings. The average Bonchev–Trinajstić information content (AvgIpc) is 2.96. The van der Waals surface area contributed by atoms with E-state index >= 15 is 0 Å². The molecule has 2 aromatic heterocycles. The number of rotatable bonds is 5. The van der Waals surface area contributed by atoms with Crippen molar-refractivity contribution in [3.05, 3.63) is 48.3 Å². The summed E-state index contributed by atoms with van der Waals surface area (Å²) in [5.41, 5.74) is 1.15. The van der Waals surface area contributed by atoms with Crippen LogP contribution in [0.5, 0.6) is 0 Å². The number of nitrogens with one attached hydrogen (secondary N) is 1. The molecule has 0 aliphatic heterocycles. The number of anilines is 1. The maximum atomic E-state index is 12.0. The molecule has 3 rings (SSSR count). The van der Waals surface area contributed by atoms with Crippen molar-refractivity contribution in [2.75, 3.05) is 11.1 Å². The highest BCUT2D eigenvalue weighted by atomic mass is 32.2. The zero-order valence-corrected chi connectivity index (χ0v) is 13.1. The number of fused-ring (bicyclic) bond motifs is 1. The predicted molar refractivity (Wildman–Crippen MR) is 86.6 cm³/mol. The van der Waals surface area contributed by atoms with Crippen LogP contribution in [0, 0.1) is 0 Å². The molecule has 23 heavy (non-hydrogen) atoms. The van der Waals surface area contributed by atoms with E-state index in [0.29, 0.717) is 22.2 Å². The molecule has 1 amide bonds. The minimum Gasteiger partial charge on any atom is -0.325 e. The molecule has 0 fully saturated rings. The number of aromatic nitrogens is 4. The Bertz CT molecular complexity index is 844. The van der Waals surface area contributed by atoms with Crippen LogP contribution in [0.2, 0.25) is 0 Å². The van der Waals surface area contributed by atoms with Crippen molar-refractivity contribution >= 4 is 34.9 Å². The molecule has 0 saturated heterocycles. The summed E-state index contributed by atoms with van der Waals surface area (Å²) >= 11 is 1.22. The topological polar surface area (TPSA) is 89.2 Å². The van der Waals surface area contributed by atoms with Crippen LogP contribution in [0.4, 0.5) is 5.69 Å². The van der Waals surface area contributed by atoms with Gasteiger partial charge in [-0.3, -0.25) is 9.59 Å². The summed E-state index contributed by atoms with van der Waals surface area (Å²) in [6.45, 7) is 1.49. The largest absolute Gasteiger partial charge is 0.325 e. The van der Waals surface area contributed by atoms with Gasteiger partial charge in [0.15, 0.2) is 5.78 Å². The standard InChI is InChI=1S/C15H13N5O2S/c1-10(21)11-4-2-5-12(8-11)17-13(22)9-23-15-18-14-16-6-3-7-20(14)19-15/h2-8H,9H2,1H3,(H,17,22). The molecule has 0 radical (unpaired) electrons. The molecule has 1 aromatic carbocycles. The highest BCUT2D eigenvalue weighted by molar-refractivity contribution is 7.99. The lowest BCUT2D eigenvalue weighted by molar-refractivity contribution is -0.113. The summed E-state index contributed by atoms with van der Waals surface area (Å²) in [5.74, 6) is 0.422. The number of hydrogen-bond acceptors (Lipinski definition) is 6. The maximum absolute atomic E-state index is 12.0. The van der Waals surface area contributed by atoms with E-state index in [0.717, 1.165) is 0 Å². The van der Waals surface area contributed by atoms with E-state index in [1.54, 1.807) is 47.2 Å². The van der Waals surface area contributed by atoms with Crippen LogP contribution < -0.4 is 5.32 Å². The van der Waals surface area contributed by atoms with Crippen molar-refractivity contribution in [1.29, 1.82) is 0 Å². The lowest BCUT2D eigenvalue weighted by Crippen LogP contribution is -2.14. The third kappa shape index (κ3) is 3.72. The van der Waals surface area contributed by atoms with Crippen LogP contribution in [0.1, 0.15) is 17.3 Å². The number of Topliss-reactive ketones (excluding diaryl/α,β-unsaturated/α-hetero) is 1. The average molecular weight is 327 g/mol. The van der Waals surface area contributed by atoms with Gasteiger partial charge in [0.1, 0.15) is 0 Å². The summed E-state index contributed by atoms with van der Waals surface area (Å²) in [7, 11) is 0. The van der Waals surface area contributed by atoms with E-state index in [1.165, 1.54) is 18.7 Å². The fourth-order valence-corrected chi connectivity index (χ4v) is 2.54. The Morgan fingerprint density at radius 1 is 1.30 bits per heavy atom. The van der Waals surface area contributed by atoms with Gasteiger partial charge in [-0.1, -0.05) is 23.9 Å². The van der Waals surface area contributed by atoms with Crippen LogP contribution in [0.3, 0.4) is 0 Å².